The molecule has 1 saturated heterocycles. The van der Waals surface area contributed by atoms with Gasteiger partial charge in [-0.05, 0) is 36.2 Å². The van der Waals surface area contributed by atoms with Crippen molar-refractivity contribution >= 4 is 11.8 Å². The van der Waals surface area contributed by atoms with E-state index in [9.17, 15) is 0 Å². The van der Waals surface area contributed by atoms with Crippen LogP contribution in [0.4, 0.5) is 0 Å². The molecule has 0 aromatic heterocycles. The Morgan fingerprint density at radius 3 is 2.00 bits per heavy atom. The lowest BCUT2D eigenvalue weighted by Crippen LogP contribution is -2.29. The van der Waals surface area contributed by atoms with Crippen molar-refractivity contribution in [3.63, 3.8) is 0 Å². The second-order valence-corrected chi connectivity index (χ2v) is 5.91. The van der Waals surface area contributed by atoms with Gasteiger partial charge in [0.05, 0.1) is 13.2 Å². The van der Waals surface area contributed by atoms with E-state index in [0.717, 1.165) is 25.0 Å². The van der Waals surface area contributed by atoms with Gasteiger partial charge in [-0.25, -0.2) is 0 Å². The summed E-state index contributed by atoms with van der Waals surface area (Å²) in [6.45, 7) is 1.75. The Bertz CT molecular complexity index is 176. The van der Waals surface area contributed by atoms with Crippen LogP contribution in [0.2, 0.25) is 0 Å². The predicted octanol–water partition coefficient (Wildman–Crippen LogP) is 2.04. The summed E-state index contributed by atoms with van der Waals surface area (Å²) in [5.74, 6) is 4.59. The van der Waals surface area contributed by atoms with E-state index in [1.807, 2.05) is 0 Å². The SMILES string of the molecule is COCC1(COC)C[C@H]2CSC[C@H]2C1. The lowest BCUT2D eigenvalue weighted by atomic mass is 9.87. The minimum Gasteiger partial charge on any atom is -0.384 e. The van der Waals surface area contributed by atoms with E-state index in [-0.39, 0.29) is 0 Å². The van der Waals surface area contributed by atoms with Crippen molar-refractivity contribution < 1.29 is 9.47 Å². The van der Waals surface area contributed by atoms with E-state index < -0.39 is 0 Å². The van der Waals surface area contributed by atoms with E-state index in [1.54, 1.807) is 14.2 Å². The molecule has 0 bridgehead atoms. The van der Waals surface area contributed by atoms with Crippen LogP contribution in [0.3, 0.4) is 0 Å². The zero-order valence-electron chi connectivity index (χ0n) is 9.12. The van der Waals surface area contributed by atoms with Crippen molar-refractivity contribution in [1.29, 1.82) is 0 Å². The molecule has 0 spiro atoms. The summed E-state index contributed by atoms with van der Waals surface area (Å²) in [4.78, 5) is 0. The third-order valence-electron chi connectivity index (χ3n) is 3.62. The summed E-state index contributed by atoms with van der Waals surface area (Å²) in [7, 11) is 3.61. The average molecular weight is 216 g/mol. The van der Waals surface area contributed by atoms with E-state index in [0.29, 0.717) is 5.41 Å². The van der Waals surface area contributed by atoms with Gasteiger partial charge in [0.2, 0.25) is 0 Å². The molecule has 2 fully saturated rings. The smallest absolute Gasteiger partial charge is 0.0540 e. The first kappa shape index (κ1) is 10.8. The van der Waals surface area contributed by atoms with Gasteiger partial charge in [0, 0.05) is 19.6 Å². The molecular formula is C11H20O2S. The zero-order valence-corrected chi connectivity index (χ0v) is 9.94. The van der Waals surface area contributed by atoms with Gasteiger partial charge in [-0.15, -0.1) is 0 Å². The molecule has 0 unspecified atom stereocenters. The van der Waals surface area contributed by atoms with Crippen LogP contribution >= 0.6 is 11.8 Å². The third kappa shape index (κ3) is 1.95. The number of methoxy groups -OCH3 is 2. The van der Waals surface area contributed by atoms with E-state index in [1.165, 1.54) is 24.3 Å². The highest BCUT2D eigenvalue weighted by atomic mass is 32.2. The average Bonchev–Trinajstić information content (AvgIpc) is 2.63. The van der Waals surface area contributed by atoms with E-state index in [2.05, 4.69) is 11.8 Å². The van der Waals surface area contributed by atoms with Crippen LogP contribution in [0.5, 0.6) is 0 Å². The molecule has 1 heterocycles. The lowest BCUT2D eigenvalue weighted by Gasteiger charge is -2.28. The molecule has 0 aromatic rings. The first-order valence-corrected chi connectivity index (χ1v) is 6.51. The largest absolute Gasteiger partial charge is 0.384 e. The van der Waals surface area contributed by atoms with Gasteiger partial charge >= 0.3 is 0 Å². The molecule has 14 heavy (non-hydrogen) atoms. The Morgan fingerprint density at radius 1 is 1.07 bits per heavy atom. The molecule has 0 radical (unpaired) electrons. The number of thioether (sulfide) groups is 1. The van der Waals surface area contributed by atoms with Crippen molar-refractivity contribution in [2.24, 2.45) is 17.3 Å². The van der Waals surface area contributed by atoms with Gasteiger partial charge in [0.1, 0.15) is 0 Å². The lowest BCUT2D eigenvalue weighted by molar-refractivity contribution is 0.0110. The van der Waals surface area contributed by atoms with Crippen LogP contribution in [0, 0.1) is 17.3 Å². The molecule has 2 nitrogen and oxygen atoms in total. The summed E-state index contributed by atoms with van der Waals surface area (Å²) in [5, 5.41) is 0. The Hall–Kier alpha value is 0.270. The maximum Gasteiger partial charge on any atom is 0.0540 e. The molecular weight excluding hydrogens is 196 g/mol. The van der Waals surface area contributed by atoms with E-state index >= 15 is 0 Å². The van der Waals surface area contributed by atoms with Crippen molar-refractivity contribution in [2.75, 3.05) is 38.9 Å². The van der Waals surface area contributed by atoms with Crippen LogP contribution in [-0.4, -0.2) is 38.9 Å². The third-order valence-corrected chi connectivity index (χ3v) is 4.95. The number of fused-ring (bicyclic) bond motifs is 1. The summed E-state index contributed by atoms with van der Waals surface area (Å²) < 4.78 is 10.7. The Balaban J connectivity index is 1.99. The fourth-order valence-electron chi connectivity index (χ4n) is 3.18. The van der Waals surface area contributed by atoms with Crippen molar-refractivity contribution in [3.8, 4) is 0 Å². The summed E-state index contributed by atoms with van der Waals surface area (Å²) in [6.07, 6.45) is 2.62. The van der Waals surface area contributed by atoms with Crippen LogP contribution in [-0.2, 0) is 9.47 Å². The van der Waals surface area contributed by atoms with E-state index in [4.69, 9.17) is 9.47 Å². The summed E-state index contributed by atoms with van der Waals surface area (Å²) in [6, 6.07) is 0. The topological polar surface area (TPSA) is 18.5 Å². The maximum atomic E-state index is 5.36. The van der Waals surface area contributed by atoms with Crippen LogP contribution < -0.4 is 0 Å². The van der Waals surface area contributed by atoms with Gasteiger partial charge in [-0.2, -0.15) is 11.8 Å². The second-order valence-electron chi connectivity index (χ2n) is 4.83. The van der Waals surface area contributed by atoms with Gasteiger partial charge < -0.3 is 9.47 Å². The highest BCUT2D eigenvalue weighted by Gasteiger charge is 2.47. The van der Waals surface area contributed by atoms with Crippen molar-refractivity contribution in [1.82, 2.24) is 0 Å². The first-order chi connectivity index (χ1) is 6.79. The highest BCUT2D eigenvalue weighted by molar-refractivity contribution is 7.99. The van der Waals surface area contributed by atoms with Crippen molar-refractivity contribution in [3.05, 3.63) is 0 Å². The van der Waals surface area contributed by atoms with Gasteiger partial charge in [-0.3, -0.25) is 0 Å². The summed E-state index contributed by atoms with van der Waals surface area (Å²) in [5.41, 5.74) is 0.333. The molecule has 82 valence electrons. The molecule has 0 aromatic carbocycles. The van der Waals surface area contributed by atoms with Crippen LogP contribution in [0.25, 0.3) is 0 Å². The molecule has 3 heteroatoms. The number of hydrogen-bond acceptors (Lipinski definition) is 3. The summed E-state index contributed by atoms with van der Waals surface area (Å²) >= 11 is 2.12. The molecule has 2 rings (SSSR count). The van der Waals surface area contributed by atoms with Crippen LogP contribution in [0.1, 0.15) is 12.8 Å². The first-order valence-electron chi connectivity index (χ1n) is 5.35. The molecule has 0 N–H and O–H groups in total. The fraction of sp³-hybridized carbons (Fsp3) is 1.00. The van der Waals surface area contributed by atoms with Gasteiger partial charge in [0.15, 0.2) is 0 Å². The molecule has 1 saturated carbocycles. The molecule has 2 aliphatic rings. The molecule has 2 atom stereocenters. The normalized spacial score (nSPS) is 34.7. The number of rotatable bonds is 4. The Morgan fingerprint density at radius 2 is 1.57 bits per heavy atom. The zero-order chi connectivity index (χ0) is 10.0. The second kappa shape index (κ2) is 4.42. The fourth-order valence-corrected chi connectivity index (χ4v) is 4.70. The predicted molar refractivity (Wildman–Crippen MR) is 59.7 cm³/mol. The van der Waals surface area contributed by atoms with Gasteiger partial charge in [0.25, 0.3) is 0 Å². The van der Waals surface area contributed by atoms with Crippen LogP contribution in [0.15, 0.2) is 0 Å². The molecule has 0 amide bonds. The molecule has 1 aliphatic heterocycles. The Labute approximate surface area is 90.7 Å². The van der Waals surface area contributed by atoms with Gasteiger partial charge in [-0.1, -0.05) is 0 Å². The highest BCUT2D eigenvalue weighted by Crippen LogP contribution is 2.51. The monoisotopic (exact) mass is 216 g/mol. The quantitative estimate of drug-likeness (QED) is 0.716. The van der Waals surface area contributed by atoms with Crippen molar-refractivity contribution in [2.45, 2.75) is 12.8 Å². The minimum atomic E-state index is 0.333. The minimum absolute atomic E-state index is 0.333. The molecule has 1 aliphatic carbocycles. The standard InChI is InChI=1S/C11H20O2S/c1-12-7-11(8-13-2)3-9-5-14-6-10(9)4-11/h9-10H,3-8H2,1-2H3/t9-,10+. The maximum absolute atomic E-state index is 5.36. The number of ether oxygens (including phenoxy) is 2. The number of hydrogen-bond donors (Lipinski definition) is 0. The Kier molecular flexibility index (Phi) is 3.40.